The highest BCUT2D eigenvalue weighted by molar-refractivity contribution is 7.89. The minimum absolute atomic E-state index is 0.0892. The number of nitrogens with zero attached hydrogens (tertiary/aromatic N) is 1. The molecule has 1 aliphatic heterocycles. The molecular weight excluding hydrogens is 474 g/mol. The molecule has 34 heavy (non-hydrogen) atoms. The SMILES string of the molecule is O=C(Nc1ccccc1NC(=O)c1cccc(S(=O)(=O)N2CCCCC2)c1)c1ccc(Cl)cc1. The van der Waals surface area contributed by atoms with E-state index in [1.165, 1.54) is 16.4 Å². The topological polar surface area (TPSA) is 95.6 Å². The third-order valence-electron chi connectivity index (χ3n) is 5.58. The number of benzene rings is 3. The number of anilines is 2. The largest absolute Gasteiger partial charge is 0.320 e. The molecule has 0 spiro atoms. The molecule has 0 saturated carbocycles. The molecule has 1 heterocycles. The molecular formula is C25H24ClN3O4S. The zero-order valence-corrected chi connectivity index (χ0v) is 19.9. The Balaban J connectivity index is 1.52. The molecule has 0 aromatic heterocycles. The number of carbonyl (C=O) groups is 2. The molecule has 0 atom stereocenters. The fourth-order valence-electron chi connectivity index (χ4n) is 3.74. The molecule has 1 saturated heterocycles. The van der Waals surface area contributed by atoms with Gasteiger partial charge < -0.3 is 10.6 Å². The van der Waals surface area contributed by atoms with Crippen LogP contribution in [0, 0.1) is 0 Å². The van der Waals surface area contributed by atoms with Crippen molar-refractivity contribution in [1.29, 1.82) is 0 Å². The number of para-hydroxylation sites is 2. The molecule has 2 N–H and O–H groups in total. The number of hydrogen-bond acceptors (Lipinski definition) is 4. The highest BCUT2D eigenvalue weighted by atomic mass is 35.5. The van der Waals surface area contributed by atoms with Gasteiger partial charge in [0.15, 0.2) is 0 Å². The number of rotatable bonds is 6. The molecule has 3 aromatic carbocycles. The van der Waals surface area contributed by atoms with Crippen molar-refractivity contribution in [3.63, 3.8) is 0 Å². The van der Waals surface area contributed by atoms with Gasteiger partial charge in [-0.15, -0.1) is 0 Å². The number of amides is 2. The molecule has 0 unspecified atom stereocenters. The summed E-state index contributed by atoms with van der Waals surface area (Å²) in [5.74, 6) is -0.836. The molecule has 3 aromatic rings. The lowest BCUT2D eigenvalue weighted by Crippen LogP contribution is -2.35. The fraction of sp³-hybridized carbons (Fsp3) is 0.200. The average Bonchev–Trinajstić information content (AvgIpc) is 2.86. The number of piperidine rings is 1. The van der Waals surface area contributed by atoms with Crippen LogP contribution < -0.4 is 10.6 Å². The van der Waals surface area contributed by atoms with Crippen LogP contribution in [-0.2, 0) is 10.0 Å². The van der Waals surface area contributed by atoms with Gasteiger partial charge in [0.1, 0.15) is 0 Å². The van der Waals surface area contributed by atoms with E-state index in [0.29, 0.717) is 35.1 Å². The number of nitrogens with one attached hydrogen (secondary N) is 2. The standard InChI is InChI=1S/C25H24ClN3O4S/c26-20-13-11-18(12-14-20)24(30)27-22-9-2-3-10-23(22)28-25(31)19-7-6-8-21(17-19)34(32,33)29-15-4-1-5-16-29/h2-3,6-14,17H,1,4-5,15-16H2,(H,27,30)(H,28,31). The van der Waals surface area contributed by atoms with Crippen molar-refractivity contribution >= 4 is 44.8 Å². The molecule has 9 heteroatoms. The molecule has 176 valence electrons. The van der Waals surface area contributed by atoms with Crippen LogP contribution in [0.1, 0.15) is 40.0 Å². The highest BCUT2D eigenvalue weighted by Gasteiger charge is 2.26. The Morgan fingerprint density at radius 2 is 1.32 bits per heavy atom. The van der Waals surface area contributed by atoms with E-state index in [1.807, 2.05) is 0 Å². The quantitative estimate of drug-likeness (QED) is 0.500. The molecule has 1 fully saturated rings. The number of hydrogen-bond donors (Lipinski definition) is 2. The van der Waals surface area contributed by atoms with E-state index in [-0.39, 0.29) is 16.4 Å². The summed E-state index contributed by atoms with van der Waals surface area (Å²) < 4.78 is 27.4. The zero-order valence-electron chi connectivity index (χ0n) is 18.3. The van der Waals surface area contributed by atoms with E-state index in [1.54, 1.807) is 60.7 Å². The summed E-state index contributed by atoms with van der Waals surface area (Å²) in [6, 6.07) is 19.2. The summed E-state index contributed by atoms with van der Waals surface area (Å²) in [5, 5.41) is 6.07. The predicted octanol–water partition coefficient (Wildman–Crippen LogP) is 5.02. The van der Waals surface area contributed by atoms with Gasteiger partial charge in [-0.25, -0.2) is 8.42 Å². The van der Waals surface area contributed by atoms with Gasteiger partial charge in [-0.2, -0.15) is 4.31 Å². The lowest BCUT2D eigenvalue weighted by Gasteiger charge is -2.26. The van der Waals surface area contributed by atoms with Crippen molar-refractivity contribution in [2.24, 2.45) is 0 Å². The van der Waals surface area contributed by atoms with Gasteiger partial charge in [0.2, 0.25) is 10.0 Å². The fourth-order valence-corrected chi connectivity index (χ4v) is 5.43. The van der Waals surface area contributed by atoms with Gasteiger partial charge in [-0.05, 0) is 67.4 Å². The first-order valence-electron chi connectivity index (χ1n) is 10.9. The lowest BCUT2D eigenvalue weighted by atomic mass is 10.2. The Bertz CT molecular complexity index is 1300. The second-order valence-corrected chi connectivity index (χ2v) is 10.3. The first-order valence-corrected chi connectivity index (χ1v) is 12.7. The van der Waals surface area contributed by atoms with Crippen LogP contribution in [0.2, 0.25) is 5.02 Å². The Morgan fingerprint density at radius 3 is 1.94 bits per heavy atom. The molecule has 7 nitrogen and oxygen atoms in total. The second kappa shape index (κ2) is 10.4. The van der Waals surface area contributed by atoms with Crippen molar-refractivity contribution in [2.45, 2.75) is 24.2 Å². The van der Waals surface area contributed by atoms with Crippen LogP contribution in [0.15, 0.2) is 77.7 Å². The summed E-state index contributed by atoms with van der Waals surface area (Å²) in [6.45, 7) is 0.971. The maximum absolute atomic E-state index is 13.0. The summed E-state index contributed by atoms with van der Waals surface area (Å²) in [4.78, 5) is 25.7. The first-order chi connectivity index (χ1) is 16.3. The van der Waals surface area contributed by atoms with E-state index < -0.39 is 15.9 Å². The molecule has 2 amide bonds. The second-order valence-electron chi connectivity index (χ2n) is 7.95. The van der Waals surface area contributed by atoms with E-state index in [2.05, 4.69) is 10.6 Å². The van der Waals surface area contributed by atoms with Crippen LogP contribution in [-0.4, -0.2) is 37.6 Å². The van der Waals surface area contributed by atoms with E-state index in [4.69, 9.17) is 11.6 Å². The summed E-state index contributed by atoms with van der Waals surface area (Å²) >= 11 is 5.88. The zero-order chi connectivity index (χ0) is 24.1. The molecule has 4 rings (SSSR count). The minimum Gasteiger partial charge on any atom is -0.320 e. The number of halogens is 1. The van der Waals surface area contributed by atoms with Crippen molar-refractivity contribution in [1.82, 2.24) is 4.31 Å². The Hall–Kier alpha value is -3.20. The van der Waals surface area contributed by atoms with Gasteiger partial charge in [0, 0.05) is 29.2 Å². The first kappa shape index (κ1) is 23.9. The van der Waals surface area contributed by atoms with Gasteiger partial charge in [0.25, 0.3) is 11.8 Å². The van der Waals surface area contributed by atoms with E-state index >= 15 is 0 Å². The minimum atomic E-state index is -3.66. The highest BCUT2D eigenvalue weighted by Crippen LogP contribution is 2.25. The third-order valence-corrected chi connectivity index (χ3v) is 7.73. The van der Waals surface area contributed by atoms with Crippen LogP contribution in [0.25, 0.3) is 0 Å². The lowest BCUT2D eigenvalue weighted by molar-refractivity contribution is 0.101. The molecule has 0 radical (unpaired) electrons. The Kier molecular flexibility index (Phi) is 7.31. The van der Waals surface area contributed by atoms with Crippen molar-refractivity contribution < 1.29 is 18.0 Å². The van der Waals surface area contributed by atoms with Gasteiger partial charge in [0.05, 0.1) is 16.3 Å². The molecule has 0 bridgehead atoms. The van der Waals surface area contributed by atoms with Crippen molar-refractivity contribution in [3.8, 4) is 0 Å². The van der Waals surface area contributed by atoms with Gasteiger partial charge in [-0.1, -0.05) is 36.2 Å². The van der Waals surface area contributed by atoms with Crippen LogP contribution in [0.5, 0.6) is 0 Å². The molecule has 0 aliphatic carbocycles. The van der Waals surface area contributed by atoms with Crippen LogP contribution in [0.3, 0.4) is 0 Å². The monoisotopic (exact) mass is 497 g/mol. The van der Waals surface area contributed by atoms with Crippen LogP contribution in [0.4, 0.5) is 11.4 Å². The van der Waals surface area contributed by atoms with Crippen LogP contribution >= 0.6 is 11.6 Å². The maximum atomic E-state index is 13.0. The Morgan fingerprint density at radius 1 is 0.735 bits per heavy atom. The predicted molar refractivity (Wildman–Crippen MR) is 133 cm³/mol. The van der Waals surface area contributed by atoms with Crippen molar-refractivity contribution in [3.05, 3.63) is 88.9 Å². The third kappa shape index (κ3) is 5.47. The normalized spacial score (nSPS) is 14.4. The summed E-state index contributed by atoms with van der Waals surface area (Å²) in [7, 11) is -3.66. The van der Waals surface area contributed by atoms with Crippen molar-refractivity contribution in [2.75, 3.05) is 23.7 Å². The Labute approximate surface area is 203 Å². The van der Waals surface area contributed by atoms with Gasteiger partial charge >= 0.3 is 0 Å². The average molecular weight is 498 g/mol. The molecule has 1 aliphatic rings. The smallest absolute Gasteiger partial charge is 0.255 e. The number of carbonyl (C=O) groups excluding carboxylic acids is 2. The maximum Gasteiger partial charge on any atom is 0.255 e. The summed E-state index contributed by atoms with van der Waals surface area (Å²) in [6.07, 6.45) is 2.68. The van der Waals surface area contributed by atoms with E-state index in [9.17, 15) is 18.0 Å². The van der Waals surface area contributed by atoms with E-state index in [0.717, 1.165) is 19.3 Å². The van der Waals surface area contributed by atoms with Gasteiger partial charge in [-0.3, -0.25) is 9.59 Å². The summed E-state index contributed by atoms with van der Waals surface area (Å²) in [5.41, 5.74) is 1.42. The number of sulfonamides is 1.